The van der Waals surface area contributed by atoms with Crippen LogP contribution in [0.2, 0.25) is 5.02 Å². The minimum atomic E-state index is -0.945. The van der Waals surface area contributed by atoms with Gasteiger partial charge in [0.15, 0.2) is 0 Å². The molecule has 2 aliphatic rings. The van der Waals surface area contributed by atoms with Gasteiger partial charge in [0, 0.05) is 17.1 Å². The molecule has 0 saturated carbocycles. The number of carbonyl (C=O) groups is 1. The van der Waals surface area contributed by atoms with Crippen LogP contribution in [0.4, 0.5) is 0 Å². The van der Waals surface area contributed by atoms with E-state index in [0.29, 0.717) is 22.7 Å². The van der Waals surface area contributed by atoms with Crippen molar-refractivity contribution in [2.24, 2.45) is 5.92 Å². The highest BCUT2D eigenvalue weighted by Crippen LogP contribution is 2.36. The lowest BCUT2D eigenvalue weighted by Gasteiger charge is -2.36. The molecule has 2 fully saturated rings. The Morgan fingerprint density at radius 3 is 2.52 bits per heavy atom. The Hall–Kier alpha value is -1.10. The van der Waals surface area contributed by atoms with Crippen LogP contribution in [0.15, 0.2) is 24.3 Å². The number of halogens is 1. The summed E-state index contributed by atoms with van der Waals surface area (Å²) in [5, 5.41) is 10.9. The fourth-order valence-corrected chi connectivity index (χ4v) is 4.09. The summed E-state index contributed by atoms with van der Waals surface area (Å²) in [5.41, 5.74) is 0.571. The van der Waals surface area contributed by atoms with E-state index >= 15 is 0 Å². The van der Waals surface area contributed by atoms with Crippen molar-refractivity contribution < 1.29 is 14.6 Å². The summed E-state index contributed by atoms with van der Waals surface area (Å²) in [6.07, 6.45) is 3.19. The number of piperidine rings is 1. The van der Waals surface area contributed by atoms with Gasteiger partial charge in [0.25, 0.3) is 0 Å². The first kappa shape index (κ1) is 16.7. The zero-order chi connectivity index (χ0) is 16.6. The lowest BCUT2D eigenvalue weighted by molar-refractivity contribution is -0.160. The van der Waals surface area contributed by atoms with Crippen LogP contribution >= 0.6 is 11.6 Å². The monoisotopic (exact) mass is 337 g/mol. The number of carbonyl (C=O) groups excluding carboxylic acids is 1. The molecule has 0 aromatic heterocycles. The first-order chi connectivity index (χ1) is 11.0. The third-order valence-corrected chi connectivity index (χ3v) is 5.75. The fourth-order valence-electron chi connectivity index (χ4n) is 3.84. The Balaban J connectivity index is 1.61. The molecule has 2 heterocycles. The molecule has 2 bridgehead atoms. The maximum Gasteiger partial charge on any atom is 0.311 e. The molecule has 5 heteroatoms. The van der Waals surface area contributed by atoms with Crippen LogP contribution in [0.5, 0.6) is 0 Å². The van der Waals surface area contributed by atoms with Gasteiger partial charge in [0.05, 0.1) is 12.0 Å². The summed E-state index contributed by atoms with van der Waals surface area (Å²) in [4.78, 5) is 14.8. The van der Waals surface area contributed by atoms with E-state index in [2.05, 4.69) is 11.9 Å². The summed E-state index contributed by atoms with van der Waals surface area (Å²) in [6.45, 7) is 1.69. The fraction of sp³-hybridized carbons (Fsp3) is 0.611. The van der Waals surface area contributed by atoms with Crippen molar-refractivity contribution >= 4 is 17.6 Å². The molecule has 126 valence electrons. The lowest BCUT2D eigenvalue weighted by atomic mass is 9.96. The van der Waals surface area contributed by atoms with Crippen LogP contribution in [0, 0.1) is 5.92 Å². The molecule has 3 unspecified atom stereocenters. The number of fused-ring (bicyclic) bond motifs is 2. The van der Waals surface area contributed by atoms with Gasteiger partial charge in [-0.05, 0) is 51.3 Å². The molecule has 1 aromatic carbocycles. The molecule has 0 amide bonds. The standard InChI is InChI=1S/C18H24ClNO3/c1-11(17(21)15-5-3-4-6-16(15)19)18(22)23-14-9-12-7-8-13(10-14)20(12)2/h3-6,11-14,17,21H,7-10H2,1-2H3/t11?,12-,13+,14?,17?. The summed E-state index contributed by atoms with van der Waals surface area (Å²) in [5.74, 6) is -0.974. The highest BCUT2D eigenvalue weighted by molar-refractivity contribution is 6.31. The van der Waals surface area contributed by atoms with Gasteiger partial charge in [-0.2, -0.15) is 0 Å². The lowest BCUT2D eigenvalue weighted by Crippen LogP contribution is -2.44. The molecular weight excluding hydrogens is 314 g/mol. The van der Waals surface area contributed by atoms with Gasteiger partial charge in [-0.1, -0.05) is 29.8 Å². The van der Waals surface area contributed by atoms with Crippen molar-refractivity contribution in [3.8, 4) is 0 Å². The normalized spacial score (nSPS) is 30.0. The van der Waals surface area contributed by atoms with Crippen molar-refractivity contribution in [2.45, 2.75) is 56.9 Å². The maximum atomic E-state index is 12.4. The van der Waals surface area contributed by atoms with Gasteiger partial charge >= 0.3 is 5.97 Å². The summed E-state index contributed by atoms with van der Waals surface area (Å²) in [7, 11) is 2.16. The number of nitrogens with zero attached hydrogens (tertiary/aromatic N) is 1. The second-order valence-corrected chi connectivity index (χ2v) is 7.24. The van der Waals surface area contributed by atoms with E-state index in [4.69, 9.17) is 16.3 Å². The Bertz CT molecular complexity index is 565. The van der Waals surface area contributed by atoms with Crippen LogP contribution in [-0.4, -0.2) is 41.2 Å². The van der Waals surface area contributed by atoms with Gasteiger partial charge in [-0.15, -0.1) is 0 Å². The summed E-state index contributed by atoms with van der Waals surface area (Å²) < 4.78 is 5.70. The first-order valence-corrected chi connectivity index (χ1v) is 8.70. The van der Waals surface area contributed by atoms with Crippen molar-refractivity contribution in [1.82, 2.24) is 4.90 Å². The average Bonchev–Trinajstić information content (AvgIpc) is 2.75. The summed E-state index contributed by atoms with van der Waals surface area (Å²) in [6, 6.07) is 8.11. The van der Waals surface area contributed by atoms with Crippen LogP contribution in [0.25, 0.3) is 0 Å². The van der Waals surface area contributed by atoms with Gasteiger partial charge in [0.1, 0.15) is 6.10 Å². The highest BCUT2D eigenvalue weighted by atomic mass is 35.5. The molecule has 4 nitrogen and oxygen atoms in total. The Morgan fingerprint density at radius 1 is 1.30 bits per heavy atom. The van der Waals surface area contributed by atoms with E-state index in [1.54, 1.807) is 31.2 Å². The smallest absolute Gasteiger partial charge is 0.311 e. The quantitative estimate of drug-likeness (QED) is 0.857. The number of aliphatic hydroxyl groups is 1. The highest BCUT2D eigenvalue weighted by Gasteiger charge is 2.40. The maximum absolute atomic E-state index is 12.4. The zero-order valence-electron chi connectivity index (χ0n) is 13.6. The molecule has 1 aromatic rings. The van der Waals surface area contributed by atoms with E-state index in [1.165, 1.54) is 12.8 Å². The van der Waals surface area contributed by atoms with Crippen molar-refractivity contribution in [3.63, 3.8) is 0 Å². The molecule has 3 rings (SSSR count). The van der Waals surface area contributed by atoms with E-state index in [-0.39, 0.29) is 12.1 Å². The van der Waals surface area contributed by atoms with E-state index in [1.807, 2.05) is 0 Å². The van der Waals surface area contributed by atoms with Crippen LogP contribution in [0.1, 0.15) is 44.3 Å². The summed E-state index contributed by atoms with van der Waals surface area (Å²) >= 11 is 6.10. The molecule has 23 heavy (non-hydrogen) atoms. The largest absolute Gasteiger partial charge is 0.462 e. The minimum Gasteiger partial charge on any atom is -0.462 e. The minimum absolute atomic E-state index is 0.0305. The third kappa shape index (κ3) is 3.39. The Labute approximate surface area is 142 Å². The predicted octanol–water partition coefficient (Wildman–Crippen LogP) is 3.18. The molecular formula is C18H24ClNO3. The van der Waals surface area contributed by atoms with Gasteiger partial charge in [0.2, 0.25) is 0 Å². The number of rotatable bonds is 4. The average molecular weight is 338 g/mol. The van der Waals surface area contributed by atoms with Gasteiger partial charge in [-0.25, -0.2) is 0 Å². The van der Waals surface area contributed by atoms with Crippen LogP contribution in [-0.2, 0) is 9.53 Å². The molecule has 0 radical (unpaired) electrons. The Morgan fingerprint density at radius 2 is 1.91 bits per heavy atom. The number of esters is 1. The van der Waals surface area contributed by atoms with E-state index in [0.717, 1.165) is 12.8 Å². The Kier molecular flexibility index (Phi) is 4.95. The molecule has 1 N–H and O–H groups in total. The van der Waals surface area contributed by atoms with E-state index in [9.17, 15) is 9.90 Å². The van der Waals surface area contributed by atoms with Gasteiger partial charge < -0.3 is 14.7 Å². The number of ether oxygens (including phenoxy) is 1. The zero-order valence-corrected chi connectivity index (χ0v) is 14.4. The topological polar surface area (TPSA) is 49.8 Å². The van der Waals surface area contributed by atoms with Crippen molar-refractivity contribution in [1.29, 1.82) is 0 Å². The molecule has 2 aliphatic heterocycles. The first-order valence-electron chi connectivity index (χ1n) is 8.32. The molecule has 2 saturated heterocycles. The third-order valence-electron chi connectivity index (χ3n) is 5.41. The molecule has 0 spiro atoms. The predicted molar refractivity (Wildman–Crippen MR) is 89.3 cm³/mol. The van der Waals surface area contributed by atoms with Crippen molar-refractivity contribution in [2.75, 3.05) is 7.05 Å². The van der Waals surface area contributed by atoms with Crippen LogP contribution in [0.3, 0.4) is 0 Å². The SMILES string of the molecule is CC(C(=O)OC1C[C@H]2CC[C@@H](C1)N2C)C(O)c1ccccc1Cl. The van der Waals surface area contributed by atoms with Crippen LogP contribution < -0.4 is 0 Å². The number of benzene rings is 1. The van der Waals surface area contributed by atoms with Gasteiger partial charge in [-0.3, -0.25) is 4.79 Å². The molecule has 0 aliphatic carbocycles. The van der Waals surface area contributed by atoms with Crippen molar-refractivity contribution in [3.05, 3.63) is 34.9 Å². The van der Waals surface area contributed by atoms with E-state index < -0.39 is 12.0 Å². The molecule has 5 atom stereocenters. The number of hydrogen-bond acceptors (Lipinski definition) is 4. The number of aliphatic hydroxyl groups excluding tert-OH is 1. The second-order valence-electron chi connectivity index (χ2n) is 6.84. The number of hydrogen-bond donors (Lipinski definition) is 1. The second kappa shape index (κ2) is 6.80.